The van der Waals surface area contributed by atoms with E-state index in [0.717, 1.165) is 49.1 Å². The summed E-state index contributed by atoms with van der Waals surface area (Å²) in [6.45, 7) is 5.34. The number of nitrogens with zero attached hydrogens (tertiary/aromatic N) is 2. The minimum Gasteiger partial charge on any atom is -0.381 e. The molecule has 1 amide bonds. The third-order valence-electron chi connectivity index (χ3n) is 4.25. The summed E-state index contributed by atoms with van der Waals surface area (Å²) >= 11 is 6.17. The van der Waals surface area contributed by atoms with Crippen molar-refractivity contribution in [2.75, 3.05) is 44.7 Å². The van der Waals surface area contributed by atoms with Gasteiger partial charge >= 0.3 is 0 Å². The van der Waals surface area contributed by atoms with Gasteiger partial charge in [0.2, 0.25) is 0 Å². The van der Waals surface area contributed by atoms with Crippen molar-refractivity contribution in [3.63, 3.8) is 0 Å². The van der Waals surface area contributed by atoms with E-state index in [0.29, 0.717) is 18.8 Å². The SMILES string of the molecule is O=C(NCCN1CCOCC1)c1cc(NCc2ccccc2Cl)ccn1. The monoisotopic (exact) mass is 374 g/mol. The standard InChI is InChI=1S/C19H23ClN4O2/c20-17-4-2-1-3-15(17)14-23-16-5-6-21-18(13-16)19(25)22-7-8-24-9-11-26-12-10-24/h1-6,13H,7-12,14H2,(H,21,23)(H,22,25). The molecule has 7 heteroatoms. The van der Waals surface area contributed by atoms with Crippen molar-refractivity contribution in [1.82, 2.24) is 15.2 Å². The molecule has 1 saturated heterocycles. The Morgan fingerprint density at radius 2 is 2.04 bits per heavy atom. The lowest BCUT2D eigenvalue weighted by molar-refractivity contribution is 0.0383. The van der Waals surface area contributed by atoms with Crippen LogP contribution in [0.3, 0.4) is 0 Å². The number of benzene rings is 1. The van der Waals surface area contributed by atoms with E-state index in [4.69, 9.17) is 16.3 Å². The lowest BCUT2D eigenvalue weighted by atomic mass is 10.2. The second-order valence-electron chi connectivity index (χ2n) is 6.08. The van der Waals surface area contributed by atoms with Gasteiger partial charge in [0, 0.05) is 49.6 Å². The number of amides is 1. The summed E-state index contributed by atoms with van der Waals surface area (Å²) in [6, 6.07) is 11.3. The summed E-state index contributed by atoms with van der Waals surface area (Å²) in [5.41, 5.74) is 2.23. The van der Waals surface area contributed by atoms with E-state index in [9.17, 15) is 4.79 Å². The molecule has 0 saturated carbocycles. The molecule has 2 aromatic rings. The number of anilines is 1. The first-order chi connectivity index (χ1) is 12.7. The fourth-order valence-electron chi connectivity index (χ4n) is 2.75. The van der Waals surface area contributed by atoms with Crippen molar-refractivity contribution < 1.29 is 9.53 Å². The van der Waals surface area contributed by atoms with E-state index in [2.05, 4.69) is 20.5 Å². The van der Waals surface area contributed by atoms with Gasteiger partial charge in [0.15, 0.2) is 0 Å². The second kappa shape index (κ2) is 9.52. The van der Waals surface area contributed by atoms with Crippen LogP contribution in [0.15, 0.2) is 42.6 Å². The zero-order valence-electron chi connectivity index (χ0n) is 14.6. The van der Waals surface area contributed by atoms with Crippen LogP contribution < -0.4 is 10.6 Å². The van der Waals surface area contributed by atoms with Crippen molar-refractivity contribution >= 4 is 23.2 Å². The lowest BCUT2D eigenvalue weighted by Crippen LogP contribution is -2.41. The molecule has 26 heavy (non-hydrogen) atoms. The van der Waals surface area contributed by atoms with E-state index in [1.165, 1.54) is 0 Å². The Hall–Kier alpha value is -2.15. The fraction of sp³-hybridized carbons (Fsp3) is 0.368. The largest absolute Gasteiger partial charge is 0.381 e. The maximum atomic E-state index is 12.3. The van der Waals surface area contributed by atoms with Gasteiger partial charge in [-0.1, -0.05) is 29.8 Å². The number of aromatic nitrogens is 1. The first-order valence-electron chi connectivity index (χ1n) is 8.74. The molecular weight excluding hydrogens is 352 g/mol. The molecule has 2 heterocycles. The molecule has 0 unspecified atom stereocenters. The topological polar surface area (TPSA) is 66.5 Å². The number of nitrogens with one attached hydrogen (secondary N) is 2. The molecule has 0 bridgehead atoms. The maximum absolute atomic E-state index is 12.3. The molecule has 1 fully saturated rings. The van der Waals surface area contributed by atoms with Crippen LogP contribution in [-0.4, -0.2) is 55.2 Å². The van der Waals surface area contributed by atoms with Crippen LogP contribution in [0.5, 0.6) is 0 Å². The fourth-order valence-corrected chi connectivity index (χ4v) is 2.95. The molecule has 6 nitrogen and oxygen atoms in total. The number of pyridine rings is 1. The lowest BCUT2D eigenvalue weighted by Gasteiger charge is -2.26. The van der Waals surface area contributed by atoms with Crippen LogP contribution in [0.1, 0.15) is 16.1 Å². The van der Waals surface area contributed by atoms with Gasteiger partial charge in [-0.15, -0.1) is 0 Å². The first kappa shape index (κ1) is 18.6. The summed E-state index contributed by atoms with van der Waals surface area (Å²) in [6.07, 6.45) is 1.63. The molecule has 1 aliphatic rings. The summed E-state index contributed by atoms with van der Waals surface area (Å²) < 4.78 is 5.32. The van der Waals surface area contributed by atoms with E-state index in [1.54, 1.807) is 12.3 Å². The Kier molecular flexibility index (Phi) is 6.82. The van der Waals surface area contributed by atoms with Gasteiger partial charge < -0.3 is 15.4 Å². The average Bonchev–Trinajstić information content (AvgIpc) is 2.68. The Bertz CT molecular complexity index is 735. The normalized spacial score (nSPS) is 14.8. The minimum atomic E-state index is -0.167. The second-order valence-corrected chi connectivity index (χ2v) is 6.49. The molecular formula is C19H23ClN4O2. The van der Waals surface area contributed by atoms with Gasteiger partial charge in [-0.25, -0.2) is 0 Å². The number of carbonyl (C=O) groups excluding carboxylic acids is 1. The van der Waals surface area contributed by atoms with Gasteiger partial charge in [0.25, 0.3) is 5.91 Å². The number of ether oxygens (including phenoxy) is 1. The highest BCUT2D eigenvalue weighted by Gasteiger charge is 2.12. The Morgan fingerprint density at radius 3 is 2.85 bits per heavy atom. The van der Waals surface area contributed by atoms with Crippen molar-refractivity contribution in [3.8, 4) is 0 Å². The van der Waals surface area contributed by atoms with Crippen molar-refractivity contribution in [1.29, 1.82) is 0 Å². The molecule has 0 aliphatic carbocycles. The summed E-state index contributed by atoms with van der Waals surface area (Å²) in [7, 11) is 0. The third kappa shape index (κ3) is 5.42. The molecule has 138 valence electrons. The first-order valence-corrected chi connectivity index (χ1v) is 9.12. The molecule has 0 atom stereocenters. The van der Waals surface area contributed by atoms with Crippen LogP contribution in [0.4, 0.5) is 5.69 Å². The molecule has 1 aromatic heterocycles. The quantitative estimate of drug-likeness (QED) is 0.779. The third-order valence-corrected chi connectivity index (χ3v) is 4.62. The van der Waals surface area contributed by atoms with E-state index >= 15 is 0 Å². The zero-order valence-corrected chi connectivity index (χ0v) is 15.3. The van der Waals surface area contributed by atoms with Gasteiger partial charge in [-0.2, -0.15) is 0 Å². The van der Waals surface area contributed by atoms with E-state index < -0.39 is 0 Å². The minimum absolute atomic E-state index is 0.167. The number of morpholine rings is 1. The molecule has 0 radical (unpaired) electrons. The highest BCUT2D eigenvalue weighted by Crippen LogP contribution is 2.17. The van der Waals surface area contributed by atoms with Crippen LogP contribution in [0.2, 0.25) is 5.02 Å². The van der Waals surface area contributed by atoms with Gasteiger partial charge in [0.05, 0.1) is 13.2 Å². The number of rotatable bonds is 7. The molecule has 3 rings (SSSR count). The number of carbonyl (C=O) groups is 1. The van der Waals surface area contributed by atoms with Crippen LogP contribution in [0.25, 0.3) is 0 Å². The molecule has 1 aromatic carbocycles. The smallest absolute Gasteiger partial charge is 0.269 e. The van der Waals surface area contributed by atoms with Gasteiger partial charge in [-0.3, -0.25) is 14.7 Å². The van der Waals surface area contributed by atoms with Crippen LogP contribution in [0, 0.1) is 0 Å². The predicted molar refractivity (Wildman–Crippen MR) is 103 cm³/mol. The highest BCUT2D eigenvalue weighted by molar-refractivity contribution is 6.31. The Morgan fingerprint density at radius 1 is 1.23 bits per heavy atom. The summed E-state index contributed by atoms with van der Waals surface area (Å²) in [4.78, 5) is 18.7. The molecule has 2 N–H and O–H groups in total. The average molecular weight is 375 g/mol. The zero-order chi connectivity index (χ0) is 18.2. The van der Waals surface area contributed by atoms with Gasteiger partial charge in [0.1, 0.15) is 5.69 Å². The predicted octanol–water partition coefficient (Wildman–Crippen LogP) is 2.41. The van der Waals surface area contributed by atoms with E-state index in [1.807, 2.05) is 30.3 Å². The number of halogens is 1. The van der Waals surface area contributed by atoms with Crippen molar-refractivity contribution in [2.24, 2.45) is 0 Å². The summed E-state index contributed by atoms with van der Waals surface area (Å²) in [5.74, 6) is -0.167. The maximum Gasteiger partial charge on any atom is 0.269 e. The molecule has 0 spiro atoms. The van der Waals surface area contributed by atoms with Gasteiger partial charge in [-0.05, 0) is 23.8 Å². The van der Waals surface area contributed by atoms with E-state index in [-0.39, 0.29) is 5.91 Å². The van der Waals surface area contributed by atoms with Crippen LogP contribution >= 0.6 is 11.6 Å². The van der Waals surface area contributed by atoms with Crippen molar-refractivity contribution in [2.45, 2.75) is 6.54 Å². The van der Waals surface area contributed by atoms with Crippen molar-refractivity contribution in [3.05, 3.63) is 58.9 Å². The summed E-state index contributed by atoms with van der Waals surface area (Å²) in [5, 5.41) is 6.92. The molecule has 1 aliphatic heterocycles. The number of hydrogen-bond acceptors (Lipinski definition) is 5. The Labute approximate surface area is 158 Å². The highest BCUT2D eigenvalue weighted by atomic mass is 35.5. The van der Waals surface area contributed by atoms with Crippen LogP contribution in [-0.2, 0) is 11.3 Å². The number of hydrogen-bond donors (Lipinski definition) is 2. The Balaban J connectivity index is 1.49.